The molecular formula is C19H26ClFN2O4. The average Bonchev–Trinajstić information content (AvgIpc) is 2.59. The van der Waals surface area contributed by atoms with Crippen LogP contribution >= 0.6 is 11.6 Å². The van der Waals surface area contributed by atoms with E-state index >= 15 is 0 Å². The number of amides is 2. The first-order chi connectivity index (χ1) is 12.6. The van der Waals surface area contributed by atoms with E-state index in [-0.39, 0.29) is 31.3 Å². The van der Waals surface area contributed by atoms with Gasteiger partial charge in [0.05, 0.1) is 12.3 Å². The maximum Gasteiger partial charge on any atom is 0.410 e. The summed E-state index contributed by atoms with van der Waals surface area (Å²) in [5, 5.41) is 0.437. The predicted molar refractivity (Wildman–Crippen MR) is 102 cm³/mol. The van der Waals surface area contributed by atoms with E-state index in [0.717, 1.165) is 0 Å². The lowest BCUT2D eigenvalue weighted by Crippen LogP contribution is -2.47. The van der Waals surface area contributed by atoms with Crippen molar-refractivity contribution in [2.45, 2.75) is 39.2 Å². The maximum atomic E-state index is 14.4. The van der Waals surface area contributed by atoms with Crippen molar-refractivity contribution in [3.63, 3.8) is 0 Å². The monoisotopic (exact) mass is 400 g/mol. The van der Waals surface area contributed by atoms with E-state index in [1.807, 2.05) is 0 Å². The Morgan fingerprint density at radius 3 is 2.67 bits per heavy atom. The number of anilines is 1. The van der Waals surface area contributed by atoms with Gasteiger partial charge in [-0.1, -0.05) is 11.6 Å². The second kappa shape index (κ2) is 8.89. The lowest BCUT2D eigenvalue weighted by atomic mass is 10.0. The molecule has 2 amide bonds. The Morgan fingerprint density at radius 1 is 1.33 bits per heavy atom. The smallest absolute Gasteiger partial charge is 0.410 e. The Balaban J connectivity index is 2.21. The van der Waals surface area contributed by atoms with Gasteiger partial charge in [0.2, 0.25) is 5.91 Å². The number of benzene rings is 1. The van der Waals surface area contributed by atoms with Gasteiger partial charge < -0.3 is 14.4 Å². The van der Waals surface area contributed by atoms with Crippen LogP contribution in [0.25, 0.3) is 0 Å². The number of halogens is 2. The van der Waals surface area contributed by atoms with Crippen molar-refractivity contribution < 1.29 is 23.5 Å². The average molecular weight is 401 g/mol. The van der Waals surface area contributed by atoms with Crippen LogP contribution in [0.2, 0.25) is 5.02 Å². The van der Waals surface area contributed by atoms with E-state index in [1.165, 1.54) is 29.0 Å². The van der Waals surface area contributed by atoms with Crippen molar-refractivity contribution in [2.24, 2.45) is 0 Å². The highest BCUT2D eigenvalue weighted by molar-refractivity contribution is 6.32. The SMILES string of the molecule is COCCN(CC(=O)N1CCCc2c(Cl)ccc(F)c21)C(=O)OC(C)(C)C. The summed E-state index contributed by atoms with van der Waals surface area (Å²) >= 11 is 6.18. The Kier molecular flexibility index (Phi) is 7.06. The summed E-state index contributed by atoms with van der Waals surface area (Å²) in [6, 6.07) is 2.75. The highest BCUT2D eigenvalue weighted by atomic mass is 35.5. The van der Waals surface area contributed by atoms with E-state index in [1.54, 1.807) is 20.8 Å². The van der Waals surface area contributed by atoms with Crippen LogP contribution in [0.15, 0.2) is 12.1 Å². The highest BCUT2D eigenvalue weighted by Gasteiger charge is 2.30. The predicted octanol–water partition coefficient (Wildman–Crippen LogP) is 3.64. The van der Waals surface area contributed by atoms with Crippen LogP contribution < -0.4 is 4.90 Å². The fraction of sp³-hybridized carbons (Fsp3) is 0.579. The number of ether oxygens (including phenoxy) is 2. The van der Waals surface area contributed by atoms with Gasteiger partial charge in [-0.05, 0) is 51.3 Å². The summed E-state index contributed by atoms with van der Waals surface area (Å²) in [7, 11) is 1.51. The molecule has 0 atom stereocenters. The fourth-order valence-electron chi connectivity index (χ4n) is 2.90. The summed E-state index contributed by atoms with van der Waals surface area (Å²) in [5.74, 6) is -0.887. The van der Waals surface area contributed by atoms with Gasteiger partial charge in [0.15, 0.2) is 0 Å². The first-order valence-corrected chi connectivity index (χ1v) is 9.26. The standard InChI is InChI=1S/C19H26ClFN2O4/c1-19(2,3)27-18(25)22(10-11-26-4)12-16(24)23-9-5-6-13-14(20)7-8-15(21)17(13)23/h7-8H,5-6,9-12H2,1-4H3. The van der Waals surface area contributed by atoms with Crippen LogP contribution in [0.5, 0.6) is 0 Å². The Labute approximate surface area is 164 Å². The molecule has 0 fully saturated rings. The second-order valence-electron chi connectivity index (χ2n) is 7.40. The zero-order valence-corrected chi connectivity index (χ0v) is 16.9. The topological polar surface area (TPSA) is 59.1 Å². The maximum absolute atomic E-state index is 14.4. The summed E-state index contributed by atoms with van der Waals surface area (Å²) in [5.41, 5.74) is 0.134. The first kappa shape index (κ1) is 21.4. The molecule has 0 saturated carbocycles. The van der Waals surface area contributed by atoms with Gasteiger partial charge in [-0.25, -0.2) is 9.18 Å². The molecule has 0 spiro atoms. The number of rotatable bonds is 5. The molecule has 1 aliphatic heterocycles. The minimum atomic E-state index is -0.692. The highest BCUT2D eigenvalue weighted by Crippen LogP contribution is 2.35. The van der Waals surface area contributed by atoms with Crippen LogP contribution in [-0.2, 0) is 20.7 Å². The Morgan fingerprint density at radius 2 is 2.04 bits per heavy atom. The molecule has 27 heavy (non-hydrogen) atoms. The van der Waals surface area contributed by atoms with E-state index in [0.29, 0.717) is 30.0 Å². The van der Waals surface area contributed by atoms with Crippen molar-refractivity contribution >= 4 is 29.3 Å². The quantitative estimate of drug-likeness (QED) is 0.757. The first-order valence-electron chi connectivity index (χ1n) is 8.88. The molecule has 0 radical (unpaired) electrons. The number of fused-ring (bicyclic) bond motifs is 1. The molecule has 8 heteroatoms. The summed E-state index contributed by atoms with van der Waals surface area (Å²) < 4.78 is 24.8. The van der Waals surface area contributed by atoms with Crippen molar-refractivity contribution in [1.29, 1.82) is 0 Å². The summed E-state index contributed by atoms with van der Waals surface area (Å²) in [6.45, 7) is 5.83. The number of hydrogen-bond donors (Lipinski definition) is 0. The minimum absolute atomic E-state index is 0.190. The molecule has 0 aliphatic carbocycles. The van der Waals surface area contributed by atoms with E-state index in [2.05, 4.69) is 0 Å². The van der Waals surface area contributed by atoms with Crippen LogP contribution in [-0.4, -0.2) is 55.9 Å². The summed E-state index contributed by atoms with van der Waals surface area (Å²) in [6.07, 6.45) is 0.665. The van der Waals surface area contributed by atoms with Gasteiger partial charge >= 0.3 is 6.09 Å². The third kappa shape index (κ3) is 5.56. The van der Waals surface area contributed by atoms with Crippen molar-refractivity contribution in [3.8, 4) is 0 Å². The van der Waals surface area contributed by atoms with Gasteiger partial charge in [0.25, 0.3) is 0 Å². The van der Waals surface area contributed by atoms with Crippen LogP contribution in [0, 0.1) is 5.82 Å². The largest absolute Gasteiger partial charge is 0.444 e. The van der Waals surface area contributed by atoms with E-state index in [4.69, 9.17) is 21.1 Å². The molecule has 0 bridgehead atoms. The second-order valence-corrected chi connectivity index (χ2v) is 7.81. The fourth-order valence-corrected chi connectivity index (χ4v) is 3.15. The molecule has 0 N–H and O–H groups in total. The Hall–Kier alpha value is -1.86. The molecule has 2 rings (SSSR count). The number of carbonyl (C=O) groups excluding carboxylic acids is 2. The molecule has 6 nitrogen and oxygen atoms in total. The number of carbonyl (C=O) groups is 2. The molecule has 0 unspecified atom stereocenters. The van der Waals surface area contributed by atoms with Gasteiger partial charge in [-0.2, -0.15) is 0 Å². The third-order valence-electron chi connectivity index (χ3n) is 4.10. The molecule has 1 aromatic carbocycles. The normalized spacial score (nSPS) is 13.9. The molecular weight excluding hydrogens is 375 g/mol. The molecule has 150 valence electrons. The van der Waals surface area contributed by atoms with Crippen LogP contribution in [0.3, 0.4) is 0 Å². The van der Waals surface area contributed by atoms with Gasteiger partial charge in [-0.3, -0.25) is 9.69 Å². The molecule has 1 aromatic rings. The van der Waals surface area contributed by atoms with E-state index in [9.17, 15) is 14.0 Å². The van der Waals surface area contributed by atoms with Crippen molar-refractivity contribution in [2.75, 3.05) is 38.3 Å². The van der Waals surface area contributed by atoms with Gasteiger partial charge in [-0.15, -0.1) is 0 Å². The third-order valence-corrected chi connectivity index (χ3v) is 4.45. The van der Waals surface area contributed by atoms with Crippen molar-refractivity contribution in [1.82, 2.24) is 4.90 Å². The van der Waals surface area contributed by atoms with Crippen molar-refractivity contribution in [3.05, 3.63) is 28.5 Å². The van der Waals surface area contributed by atoms with Crippen LogP contribution in [0.4, 0.5) is 14.9 Å². The van der Waals surface area contributed by atoms with Crippen LogP contribution in [0.1, 0.15) is 32.8 Å². The minimum Gasteiger partial charge on any atom is -0.444 e. The zero-order chi connectivity index (χ0) is 20.2. The van der Waals surface area contributed by atoms with E-state index < -0.39 is 17.5 Å². The number of methoxy groups -OCH3 is 1. The Bertz CT molecular complexity index is 706. The van der Waals surface area contributed by atoms with Gasteiger partial charge in [0, 0.05) is 25.2 Å². The molecule has 1 heterocycles. The van der Waals surface area contributed by atoms with Gasteiger partial charge in [0.1, 0.15) is 18.0 Å². The molecule has 1 aliphatic rings. The summed E-state index contributed by atoms with van der Waals surface area (Å²) in [4.78, 5) is 28.0. The zero-order valence-electron chi connectivity index (χ0n) is 16.2. The number of nitrogens with zero attached hydrogens (tertiary/aromatic N) is 2. The molecule has 0 aromatic heterocycles. The molecule has 0 saturated heterocycles. The lowest BCUT2D eigenvalue weighted by Gasteiger charge is -2.33. The number of hydrogen-bond acceptors (Lipinski definition) is 4. The lowest BCUT2D eigenvalue weighted by molar-refractivity contribution is -0.120.